The van der Waals surface area contributed by atoms with Gasteiger partial charge in [-0.15, -0.1) is 0 Å². The number of piperidine rings is 1. The number of hydrogen-bond acceptors (Lipinski definition) is 5. The molecular weight excluding hydrogens is 502 g/mol. The number of likely N-dealkylation sites (tertiary alicyclic amines) is 1. The topological polar surface area (TPSA) is 79.7 Å². The molecular formula is C32H41N5O3. The van der Waals surface area contributed by atoms with Gasteiger partial charge in [0.2, 0.25) is 11.8 Å². The first kappa shape index (κ1) is 27.9. The summed E-state index contributed by atoms with van der Waals surface area (Å²) in [4.78, 5) is 31.9. The molecule has 2 aliphatic rings. The lowest BCUT2D eigenvalue weighted by Crippen LogP contribution is -2.72. The summed E-state index contributed by atoms with van der Waals surface area (Å²) in [6.07, 6.45) is 1.83. The number of ether oxygens (including phenoxy) is 1. The number of para-hydroxylation sites is 1. The molecule has 5 rings (SSSR count). The SMILES string of the molecule is COc1ccc(CN2C(=O)C(CC(C)C)NC(=O)C23CCN(Cc2c(C)nn(-c4ccccc4)c2C)CC3)cc1. The van der Waals surface area contributed by atoms with Crippen molar-refractivity contribution < 1.29 is 14.3 Å². The molecule has 0 aliphatic carbocycles. The van der Waals surface area contributed by atoms with Gasteiger partial charge in [-0.1, -0.05) is 44.2 Å². The highest BCUT2D eigenvalue weighted by Crippen LogP contribution is 2.36. The Morgan fingerprint density at radius 3 is 2.30 bits per heavy atom. The molecule has 1 unspecified atom stereocenters. The Kier molecular flexibility index (Phi) is 7.99. The van der Waals surface area contributed by atoms with Gasteiger partial charge in [-0.2, -0.15) is 5.10 Å². The summed E-state index contributed by atoms with van der Waals surface area (Å²) in [7, 11) is 1.64. The Bertz CT molecular complexity index is 1340. The number of rotatable bonds is 8. The monoisotopic (exact) mass is 543 g/mol. The van der Waals surface area contributed by atoms with Crippen molar-refractivity contribution in [2.75, 3.05) is 20.2 Å². The first-order valence-electron chi connectivity index (χ1n) is 14.3. The van der Waals surface area contributed by atoms with Gasteiger partial charge in [-0.3, -0.25) is 14.5 Å². The van der Waals surface area contributed by atoms with Gasteiger partial charge in [-0.05, 0) is 68.9 Å². The number of benzene rings is 2. The van der Waals surface area contributed by atoms with Gasteiger partial charge in [0.25, 0.3) is 0 Å². The number of methoxy groups -OCH3 is 1. The molecule has 0 radical (unpaired) electrons. The van der Waals surface area contributed by atoms with Crippen LogP contribution in [0.2, 0.25) is 0 Å². The quantitative estimate of drug-likeness (QED) is 0.456. The fourth-order valence-corrected chi connectivity index (χ4v) is 6.18. The summed E-state index contributed by atoms with van der Waals surface area (Å²) in [6, 6.07) is 17.5. The van der Waals surface area contributed by atoms with E-state index in [1.807, 2.05) is 52.0 Å². The maximum Gasteiger partial charge on any atom is 0.246 e. The number of carbonyl (C=O) groups is 2. The van der Waals surface area contributed by atoms with Gasteiger partial charge < -0.3 is 15.0 Å². The molecule has 1 atom stereocenters. The van der Waals surface area contributed by atoms with Gasteiger partial charge in [0.15, 0.2) is 0 Å². The van der Waals surface area contributed by atoms with Crippen molar-refractivity contribution in [1.82, 2.24) is 24.9 Å². The predicted octanol–water partition coefficient (Wildman–Crippen LogP) is 4.41. The second-order valence-electron chi connectivity index (χ2n) is 11.6. The summed E-state index contributed by atoms with van der Waals surface area (Å²) >= 11 is 0. The normalized spacial score (nSPS) is 19.4. The van der Waals surface area contributed by atoms with Crippen LogP contribution in [0.15, 0.2) is 54.6 Å². The highest BCUT2D eigenvalue weighted by molar-refractivity contribution is 6.00. The van der Waals surface area contributed by atoms with E-state index in [4.69, 9.17) is 9.84 Å². The Hall–Kier alpha value is -3.65. The van der Waals surface area contributed by atoms with Gasteiger partial charge >= 0.3 is 0 Å². The summed E-state index contributed by atoms with van der Waals surface area (Å²) in [6.45, 7) is 11.0. The molecule has 8 nitrogen and oxygen atoms in total. The zero-order chi connectivity index (χ0) is 28.4. The fraction of sp³-hybridized carbons (Fsp3) is 0.469. The van der Waals surface area contributed by atoms with Crippen LogP contribution in [0.1, 0.15) is 55.6 Å². The number of aryl methyl sites for hydroxylation is 1. The third kappa shape index (κ3) is 5.37. The van der Waals surface area contributed by atoms with Crippen molar-refractivity contribution in [3.05, 3.63) is 77.1 Å². The Labute approximate surface area is 237 Å². The molecule has 1 aromatic heterocycles. The lowest BCUT2D eigenvalue weighted by atomic mass is 9.80. The summed E-state index contributed by atoms with van der Waals surface area (Å²) in [5, 5.41) is 7.93. The standard InChI is InChI=1S/C32H41N5O3/c1-22(2)19-29-30(38)36(20-25-11-13-27(40-5)14-12-25)32(31(39)33-29)15-17-35(18-16-32)21-28-23(3)34-37(24(28)4)26-9-7-6-8-10-26/h6-14,22,29H,15-21H2,1-5H3,(H,33,39). The van der Waals surface area contributed by atoms with Crippen LogP contribution in [0.5, 0.6) is 5.75 Å². The molecule has 1 N–H and O–H groups in total. The summed E-state index contributed by atoms with van der Waals surface area (Å²) in [5.41, 5.74) is 4.57. The van der Waals surface area contributed by atoms with E-state index in [2.05, 4.69) is 50.0 Å². The lowest BCUT2D eigenvalue weighted by molar-refractivity contribution is -0.162. The average Bonchev–Trinajstić information content (AvgIpc) is 3.24. The van der Waals surface area contributed by atoms with Crippen LogP contribution in [0, 0.1) is 19.8 Å². The summed E-state index contributed by atoms with van der Waals surface area (Å²) in [5.74, 6) is 1.08. The van der Waals surface area contributed by atoms with Gasteiger partial charge in [0.1, 0.15) is 17.3 Å². The molecule has 212 valence electrons. The number of hydrogen-bond donors (Lipinski definition) is 1. The molecule has 2 amide bonds. The third-order valence-electron chi connectivity index (χ3n) is 8.52. The minimum atomic E-state index is -0.848. The zero-order valence-corrected chi connectivity index (χ0v) is 24.3. The van der Waals surface area contributed by atoms with Crippen LogP contribution < -0.4 is 10.1 Å². The van der Waals surface area contributed by atoms with Crippen LogP contribution >= 0.6 is 0 Å². The maximum absolute atomic E-state index is 13.9. The second-order valence-corrected chi connectivity index (χ2v) is 11.6. The van der Waals surface area contributed by atoms with E-state index >= 15 is 0 Å². The van der Waals surface area contributed by atoms with Crippen molar-refractivity contribution >= 4 is 11.8 Å². The number of nitrogens with one attached hydrogen (secondary N) is 1. The van der Waals surface area contributed by atoms with E-state index in [-0.39, 0.29) is 11.8 Å². The number of aromatic nitrogens is 2. The van der Waals surface area contributed by atoms with Crippen LogP contribution in [0.3, 0.4) is 0 Å². The molecule has 0 saturated carbocycles. The van der Waals surface area contributed by atoms with E-state index in [9.17, 15) is 9.59 Å². The molecule has 8 heteroatoms. The van der Waals surface area contributed by atoms with Gasteiger partial charge in [0, 0.05) is 37.4 Å². The number of piperazine rings is 1. The van der Waals surface area contributed by atoms with Crippen molar-refractivity contribution in [3.63, 3.8) is 0 Å². The van der Waals surface area contributed by atoms with Crippen LogP contribution in [-0.2, 0) is 22.7 Å². The highest BCUT2D eigenvalue weighted by atomic mass is 16.5. The van der Waals surface area contributed by atoms with Crippen molar-refractivity contribution in [1.29, 1.82) is 0 Å². The minimum Gasteiger partial charge on any atom is -0.497 e. The molecule has 3 aromatic rings. The highest BCUT2D eigenvalue weighted by Gasteiger charge is 2.53. The summed E-state index contributed by atoms with van der Waals surface area (Å²) < 4.78 is 7.32. The third-order valence-corrected chi connectivity index (χ3v) is 8.52. The number of carbonyl (C=O) groups excluding carboxylic acids is 2. The second kappa shape index (κ2) is 11.5. The van der Waals surface area contributed by atoms with E-state index < -0.39 is 11.6 Å². The minimum absolute atomic E-state index is 0.0184. The number of nitrogens with zero attached hydrogens (tertiary/aromatic N) is 4. The molecule has 40 heavy (non-hydrogen) atoms. The molecule has 2 fully saturated rings. The van der Waals surface area contributed by atoms with Gasteiger partial charge in [0.05, 0.1) is 18.5 Å². The predicted molar refractivity (Wildman–Crippen MR) is 155 cm³/mol. The first-order valence-corrected chi connectivity index (χ1v) is 14.3. The van der Waals surface area contributed by atoms with Crippen molar-refractivity contribution in [2.24, 2.45) is 5.92 Å². The molecule has 2 aliphatic heterocycles. The maximum atomic E-state index is 13.9. The Morgan fingerprint density at radius 2 is 1.68 bits per heavy atom. The van der Waals surface area contributed by atoms with Crippen LogP contribution in [0.4, 0.5) is 0 Å². The van der Waals surface area contributed by atoms with Crippen molar-refractivity contribution in [2.45, 2.75) is 71.6 Å². The average molecular weight is 544 g/mol. The molecule has 1 spiro atoms. The number of amides is 2. The van der Waals surface area contributed by atoms with Crippen LogP contribution in [-0.4, -0.2) is 63.2 Å². The lowest BCUT2D eigenvalue weighted by Gasteiger charge is -2.52. The molecule has 0 bridgehead atoms. The molecule has 2 aromatic carbocycles. The fourth-order valence-electron chi connectivity index (χ4n) is 6.18. The van der Waals surface area contributed by atoms with E-state index in [1.165, 1.54) is 5.56 Å². The zero-order valence-electron chi connectivity index (χ0n) is 24.3. The molecule has 3 heterocycles. The van der Waals surface area contributed by atoms with E-state index in [1.54, 1.807) is 7.11 Å². The van der Waals surface area contributed by atoms with Crippen molar-refractivity contribution in [3.8, 4) is 11.4 Å². The van der Waals surface area contributed by atoms with Gasteiger partial charge in [-0.25, -0.2) is 4.68 Å². The van der Waals surface area contributed by atoms with E-state index in [0.717, 1.165) is 48.0 Å². The van der Waals surface area contributed by atoms with E-state index in [0.29, 0.717) is 31.7 Å². The smallest absolute Gasteiger partial charge is 0.246 e. The Morgan fingerprint density at radius 1 is 1.00 bits per heavy atom. The first-order chi connectivity index (χ1) is 19.2. The molecule has 2 saturated heterocycles. The van der Waals surface area contributed by atoms with Crippen LogP contribution in [0.25, 0.3) is 5.69 Å². The largest absolute Gasteiger partial charge is 0.497 e. The Balaban J connectivity index is 1.36.